The quantitative estimate of drug-likeness (QED) is 0.159. The average molecular weight is 863 g/mol. The Bertz CT molecular complexity index is 2270. The number of aromatic nitrogens is 2. The lowest BCUT2D eigenvalue weighted by Gasteiger charge is -2.33. The van der Waals surface area contributed by atoms with Gasteiger partial charge in [-0.15, -0.1) is 11.3 Å². The zero-order valence-corrected chi connectivity index (χ0v) is 37.3. The summed E-state index contributed by atoms with van der Waals surface area (Å²) in [6.07, 6.45) is 10.5. The van der Waals surface area contributed by atoms with Crippen LogP contribution in [0.4, 0.5) is 0 Å². The minimum absolute atomic E-state index is 0.0366. The minimum Gasteiger partial charge on any atom is -0.497 e. The summed E-state index contributed by atoms with van der Waals surface area (Å²) in [5.41, 5.74) is -1.24. The van der Waals surface area contributed by atoms with Crippen LogP contribution in [0.1, 0.15) is 106 Å². The van der Waals surface area contributed by atoms with Crippen molar-refractivity contribution < 1.29 is 41.8 Å². The molecule has 0 radical (unpaired) electrons. The number of rotatable bonds is 10. The first-order valence-corrected chi connectivity index (χ1v) is 23.5. The number of benzene rings is 1. The highest BCUT2D eigenvalue weighted by Crippen LogP contribution is 2.58. The van der Waals surface area contributed by atoms with Crippen LogP contribution in [0.15, 0.2) is 48.1 Å². The third-order valence-electron chi connectivity index (χ3n) is 12.9. The number of Topliss-reactive ketones (excluding diaryl/α,β-unsaturated/α-hetero) is 1. The standard InChI is InChI=1S/C45H58N4O9S2/c1-8-28-19-27(2)11-9-10-12-29-23-45(29,42(53)48-60(54,55)44(6)15-16-44)24-37(50)36-21-31(26-49(36)41(52)33(28)22-38(51)58-43(3,4)5)57-39-32-14-13-30(56-7)20-34(32)35(25-47-39)40-46-17-18-59-40/h10,12-14,17-18,20,25,27-29,31,33,36H,8-9,11,15-16,19,21-24,26H2,1-7H3,(H,48,53)/b12-10-/t27-,28-,29-,31-,33+,36+,45-/m1/s1. The van der Waals surface area contributed by atoms with Crippen molar-refractivity contribution >= 4 is 55.7 Å². The third kappa shape index (κ3) is 9.12. The van der Waals surface area contributed by atoms with Gasteiger partial charge in [-0.05, 0) is 102 Å². The van der Waals surface area contributed by atoms with E-state index in [-0.39, 0.29) is 55.3 Å². The normalized spacial score (nSPS) is 28.8. The molecule has 2 aromatic heterocycles. The SMILES string of the molecule is CC[C@@H]1C[C@H](C)CC/C=C\[C@@H]2C[C@@]2(C(=O)NS(=O)(=O)C2(C)CC2)CC(=O)[C@@H]2C[C@@H](Oc3ncc(-c4nccs4)c4cc(OC)ccc34)CN2C(=O)[C@H]1CC(=O)OC(C)(C)C. The van der Waals surface area contributed by atoms with E-state index in [1.807, 2.05) is 42.7 Å². The first-order chi connectivity index (χ1) is 28.4. The van der Waals surface area contributed by atoms with E-state index >= 15 is 4.79 Å². The van der Waals surface area contributed by atoms with E-state index in [9.17, 15) is 22.8 Å². The number of methoxy groups -OCH3 is 1. The number of fused-ring (bicyclic) bond motifs is 3. The van der Waals surface area contributed by atoms with Crippen molar-refractivity contribution in [1.29, 1.82) is 0 Å². The van der Waals surface area contributed by atoms with Crippen LogP contribution in [0.3, 0.4) is 0 Å². The van der Waals surface area contributed by atoms with Gasteiger partial charge < -0.3 is 19.1 Å². The Labute approximate surface area is 357 Å². The zero-order valence-electron chi connectivity index (χ0n) is 35.7. The minimum atomic E-state index is -3.97. The molecule has 0 spiro atoms. The fraction of sp³-hybridized carbons (Fsp3) is 0.600. The van der Waals surface area contributed by atoms with E-state index in [2.05, 4.69) is 16.6 Å². The van der Waals surface area contributed by atoms with Gasteiger partial charge in [-0.25, -0.2) is 18.4 Å². The summed E-state index contributed by atoms with van der Waals surface area (Å²) < 4.78 is 46.0. The molecular weight excluding hydrogens is 805 g/mol. The molecule has 2 aliphatic heterocycles. The molecule has 60 heavy (non-hydrogen) atoms. The van der Waals surface area contributed by atoms with Gasteiger partial charge in [0.25, 0.3) is 0 Å². The number of sulfonamides is 1. The molecule has 13 nitrogen and oxygen atoms in total. The van der Waals surface area contributed by atoms with E-state index < -0.39 is 55.7 Å². The van der Waals surface area contributed by atoms with Crippen LogP contribution in [0, 0.1) is 29.1 Å². The van der Waals surface area contributed by atoms with Crippen molar-refractivity contribution in [3.05, 3.63) is 48.1 Å². The summed E-state index contributed by atoms with van der Waals surface area (Å²) >= 11 is 1.48. The molecule has 7 atom stereocenters. The van der Waals surface area contributed by atoms with Gasteiger partial charge in [-0.3, -0.25) is 23.9 Å². The lowest BCUT2D eigenvalue weighted by molar-refractivity contribution is -0.160. The van der Waals surface area contributed by atoms with Crippen LogP contribution in [-0.2, 0) is 33.9 Å². The second-order valence-corrected chi connectivity index (χ2v) is 21.7. The summed E-state index contributed by atoms with van der Waals surface area (Å²) in [5, 5.41) is 4.17. The van der Waals surface area contributed by atoms with Crippen LogP contribution in [-0.4, -0.2) is 83.0 Å². The Balaban J connectivity index is 1.26. The molecule has 7 rings (SSSR count). The number of hydrogen-bond donors (Lipinski definition) is 1. The predicted octanol–water partition coefficient (Wildman–Crippen LogP) is 7.43. The molecule has 3 fully saturated rings. The molecule has 0 bridgehead atoms. The Kier molecular flexibility index (Phi) is 12.3. The molecule has 1 N–H and O–H groups in total. The second-order valence-electron chi connectivity index (χ2n) is 18.6. The van der Waals surface area contributed by atoms with E-state index in [0.29, 0.717) is 49.1 Å². The fourth-order valence-electron chi connectivity index (χ4n) is 9.01. The van der Waals surface area contributed by atoms with Gasteiger partial charge in [0.2, 0.25) is 27.7 Å². The van der Waals surface area contributed by atoms with Crippen molar-refractivity contribution in [3.8, 4) is 22.2 Å². The highest BCUT2D eigenvalue weighted by atomic mass is 32.2. The first kappa shape index (κ1) is 43.7. The maximum absolute atomic E-state index is 15.2. The second kappa shape index (κ2) is 16.8. The summed E-state index contributed by atoms with van der Waals surface area (Å²) in [4.78, 5) is 68.4. The van der Waals surface area contributed by atoms with Gasteiger partial charge >= 0.3 is 5.97 Å². The molecular formula is C45H58N4O9S2. The molecule has 2 aliphatic carbocycles. The van der Waals surface area contributed by atoms with Crippen molar-refractivity contribution in [1.82, 2.24) is 19.6 Å². The fourth-order valence-corrected chi connectivity index (χ4v) is 11.0. The predicted molar refractivity (Wildman–Crippen MR) is 229 cm³/mol. The number of nitrogens with zero attached hydrogens (tertiary/aromatic N) is 3. The van der Waals surface area contributed by atoms with Crippen LogP contribution in [0.5, 0.6) is 11.6 Å². The van der Waals surface area contributed by atoms with Gasteiger partial charge in [-0.1, -0.05) is 32.4 Å². The molecule has 4 aliphatic rings. The van der Waals surface area contributed by atoms with Gasteiger partial charge in [0, 0.05) is 47.0 Å². The van der Waals surface area contributed by atoms with E-state index in [0.717, 1.165) is 28.8 Å². The monoisotopic (exact) mass is 862 g/mol. The largest absolute Gasteiger partial charge is 0.497 e. The number of carbonyl (C=O) groups is 4. The number of allylic oxidation sites excluding steroid dienone is 2. The van der Waals surface area contributed by atoms with Crippen molar-refractivity contribution in [2.45, 2.75) is 128 Å². The molecule has 324 valence electrons. The molecule has 3 aromatic rings. The number of thiazole rings is 1. The lowest BCUT2D eigenvalue weighted by atomic mass is 9.79. The number of pyridine rings is 1. The highest BCUT2D eigenvalue weighted by Gasteiger charge is 2.62. The van der Waals surface area contributed by atoms with E-state index in [1.165, 1.54) is 11.3 Å². The lowest BCUT2D eigenvalue weighted by Crippen LogP contribution is -2.48. The molecule has 2 saturated carbocycles. The smallest absolute Gasteiger partial charge is 0.307 e. The number of nitrogens with one attached hydrogen (secondary N) is 1. The summed E-state index contributed by atoms with van der Waals surface area (Å²) in [7, 11) is -2.38. The average Bonchev–Trinajstić information content (AvgIpc) is 3.95. The van der Waals surface area contributed by atoms with Crippen LogP contribution < -0.4 is 14.2 Å². The van der Waals surface area contributed by atoms with E-state index in [4.69, 9.17) is 19.2 Å². The third-order valence-corrected chi connectivity index (χ3v) is 15.9. The summed E-state index contributed by atoms with van der Waals surface area (Å²) in [5.74, 6) is -2.00. The summed E-state index contributed by atoms with van der Waals surface area (Å²) in [6, 6.07) is 4.57. The maximum Gasteiger partial charge on any atom is 0.307 e. The molecule has 15 heteroatoms. The van der Waals surface area contributed by atoms with Crippen molar-refractivity contribution in [3.63, 3.8) is 0 Å². The van der Waals surface area contributed by atoms with Crippen molar-refractivity contribution in [2.75, 3.05) is 13.7 Å². The number of hydrogen-bond acceptors (Lipinski definition) is 12. The summed E-state index contributed by atoms with van der Waals surface area (Å²) in [6.45, 7) is 11.2. The number of amides is 2. The van der Waals surface area contributed by atoms with Gasteiger partial charge in [-0.2, -0.15) is 0 Å². The maximum atomic E-state index is 15.2. The van der Waals surface area contributed by atoms with Gasteiger partial charge in [0.05, 0.1) is 42.2 Å². The molecule has 0 unspecified atom stereocenters. The molecule has 2 amide bonds. The number of ketones is 1. The molecule has 1 saturated heterocycles. The van der Waals surface area contributed by atoms with Crippen molar-refractivity contribution in [2.24, 2.45) is 29.1 Å². The highest BCUT2D eigenvalue weighted by molar-refractivity contribution is 7.91. The van der Waals surface area contributed by atoms with Gasteiger partial charge in [0.1, 0.15) is 22.5 Å². The Morgan fingerprint density at radius 2 is 1.87 bits per heavy atom. The Morgan fingerprint density at radius 3 is 2.53 bits per heavy atom. The number of esters is 1. The van der Waals surface area contributed by atoms with Gasteiger partial charge in [0.15, 0.2) is 5.78 Å². The topological polar surface area (TPSA) is 171 Å². The zero-order chi connectivity index (χ0) is 43.2. The van der Waals surface area contributed by atoms with Crippen LogP contribution in [0.2, 0.25) is 0 Å². The number of ether oxygens (including phenoxy) is 3. The first-order valence-electron chi connectivity index (χ1n) is 21.2. The number of carbonyl (C=O) groups excluding carboxylic acids is 4. The molecule has 4 heterocycles. The molecule has 1 aromatic carbocycles. The Morgan fingerprint density at radius 1 is 1.10 bits per heavy atom. The Hall–Kier alpha value is -4.37. The van der Waals surface area contributed by atoms with Crippen LogP contribution >= 0.6 is 11.3 Å². The van der Waals surface area contributed by atoms with E-state index in [1.54, 1.807) is 52.1 Å². The van der Waals surface area contributed by atoms with Crippen LogP contribution in [0.25, 0.3) is 21.3 Å².